The molecule has 1 aliphatic heterocycles. The Morgan fingerprint density at radius 1 is 1.52 bits per heavy atom. The normalized spacial score (nSPS) is 19.0. The first-order valence-corrected chi connectivity index (χ1v) is 7.39. The predicted molar refractivity (Wildman–Crippen MR) is 78.8 cm³/mol. The van der Waals surface area contributed by atoms with Gasteiger partial charge in [-0.15, -0.1) is 0 Å². The fraction of sp³-hybridized carbons (Fsp3) is 0.533. The van der Waals surface area contributed by atoms with E-state index in [0.29, 0.717) is 12.3 Å². The van der Waals surface area contributed by atoms with Gasteiger partial charge in [0.2, 0.25) is 5.91 Å². The van der Waals surface area contributed by atoms with E-state index < -0.39 is 0 Å². The molecular weight excluding hydrogens is 266 g/mol. The van der Waals surface area contributed by atoms with Crippen LogP contribution in [0.25, 0.3) is 0 Å². The molecule has 0 radical (unpaired) electrons. The number of likely N-dealkylation sites (tertiary alicyclic amines) is 1. The molecule has 2 aromatic heterocycles. The molecule has 2 aromatic rings. The number of nitrogens with zero attached hydrogens (tertiary/aromatic N) is 4. The molecule has 6 nitrogen and oxygen atoms in total. The van der Waals surface area contributed by atoms with E-state index in [-0.39, 0.29) is 5.91 Å². The van der Waals surface area contributed by atoms with Gasteiger partial charge >= 0.3 is 0 Å². The Labute approximate surface area is 124 Å². The summed E-state index contributed by atoms with van der Waals surface area (Å²) < 4.78 is 1.73. The maximum Gasteiger partial charge on any atom is 0.227 e. The smallest absolute Gasteiger partial charge is 0.227 e. The molecule has 0 aliphatic carbocycles. The van der Waals surface area contributed by atoms with Crippen molar-refractivity contribution in [2.45, 2.75) is 32.1 Å². The van der Waals surface area contributed by atoms with E-state index in [0.717, 1.165) is 42.9 Å². The number of aromatic amines is 1. The monoisotopic (exact) mass is 287 g/mol. The second-order valence-electron chi connectivity index (χ2n) is 5.85. The number of aryl methyl sites for hydroxylation is 2. The largest absolute Gasteiger partial charge is 0.342 e. The van der Waals surface area contributed by atoms with Gasteiger partial charge in [0.1, 0.15) is 0 Å². The second-order valence-corrected chi connectivity index (χ2v) is 5.85. The summed E-state index contributed by atoms with van der Waals surface area (Å²) in [6.07, 6.45) is 6.23. The topological polar surface area (TPSA) is 66.8 Å². The molecular formula is C15H21N5O. The van der Waals surface area contributed by atoms with Crippen molar-refractivity contribution in [1.82, 2.24) is 24.9 Å². The van der Waals surface area contributed by atoms with Gasteiger partial charge in [-0.1, -0.05) is 0 Å². The minimum absolute atomic E-state index is 0.181. The lowest BCUT2D eigenvalue weighted by atomic mass is 9.94. The van der Waals surface area contributed by atoms with Crippen molar-refractivity contribution in [3.63, 3.8) is 0 Å². The maximum absolute atomic E-state index is 12.4. The molecule has 1 amide bonds. The molecule has 0 aromatic carbocycles. The van der Waals surface area contributed by atoms with Crippen molar-refractivity contribution < 1.29 is 4.79 Å². The van der Waals surface area contributed by atoms with Crippen molar-refractivity contribution in [1.29, 1.82) is 0 Å². The number of H-pyrrole nitrogens is 1. The van der Waals surface area contributed by atoms with Crippen molar-refractivity contribution in [3.05, 3.63) is 35.4 Å². The summed E-state index contributed by atoms with van der Waals surface area (Å²) >= 11 is 0. The van der Waals surface area contributed by atoms with E-state index in [9.17, 15) is 4.79 Å². The average Bonchev–Trinajstić information content (AvgIpc) is 3.08. The first-order valence-electron chi connectivity index (χ1n) is 7.39. The zero-order valence-electron chi connectivity index (χ0n) is 12.5. The van der Waals surface area contributed by atoms with Gasteiger partial charge in [-0.3, -0.25) is 14.6 Å². The summed E-state index contributed by atoms with van der Waals surface area (Å²) in [6, 6.07) is 2.08. The molecule has 0 spiro atoms. The van der Waals surface area contributed by atoms with Gasteiger partial charge in [-0.05, 0) is 31.4 Å². The Morgan fingerprint density at radius 3 is 3.05 bits per heavy atom. The third-order valence-corrected chi connectivity index (χ3v) is 4.03. The molecule has 21 heavy (non-hydrogen) atoms. The Balaban J connectivity index is 1.64. The lowest BCUT2D eigenvalue weighted by Crippen LogP contribution is -2.40. The van der Waals surface area contributed by atoms with Crippen LogP contribution in [0.3, 0.4) is 0 Å². The molecule has 0 unspecified atom stereocenters. The molecule has 1 N–H and O–H groups in total. The molecule has 1 atom stereocenters. The van der Waals surface area contributed by atoms with Crippen LogP contribution < -0.4 is 0 Å². The Bertz CT molecular complexity index is 630. The summed E-state index contributed by atoms with van der Waals surface area (Å²) in [5.74, 6) is 0.529. The van der Waals surface area contributed by atoms with Gasteiger partial charge in [0.25, 0.3) is 0 Å². The molecule has 1 aliphatic rings. The van der Waals surface area contributed by atoms with Crippen LogP contribution >= 0.6 is 0 Å². The fourth-order valence-electron chi connectivity index (χ4n) is 2.94. The fourth-order valence-corrected chi connectivity index (χ4v) is 2.94. The highest BCUT2D eigenvalue weighted by Gasteiger charge is 2.26. The zero-order chi connectivity index (χ0) is 14.8. The van der Waals surface area contributed by atoms with Crippen molar-refractivity contribution in [2.75, 3.05) is 13.1 Å². The molecule has 0 saturated carbocycles. The molecule has 0 bridgehead atoms. The first kappa shape index (κ1) is 13.9. The van der Waals surface area contributed by atoms with E-state index in [1.165, 1.54) is 0 Å². The van der Waals surface area contributed by atoms with Gasteiger partial charge in [-0.25, -0.2) is 0 Å². The van der Waals surface area contributed by atoms with Crippen LogP contribution in [-0.4, -0.2) is 43.9 Å². The molecule has 112 valence electrons. The molecule has 1 fully saturated rings. The van der Waals surface area contributed by atoms with E-state index >= 15 is 0 Å². The van der Waals surface area contributed by atoms with Gasteiger partial charge < -0.3 is 4.90 Å². The number of carbonyl (C=O) groups is 1. The number of nitrogens with one attached hydrogen (secondary N) is 1. The third kappa shape index (κ3) is 3.15. The average molecular weight is 287 g/mol. The zero-order valence-corrected chi connectivity index (χ0v) is 12.5. The van der Waals surface area contributed by atoms with Crippen molar-refractivity contribution >= 4 is 5.91 Å². The quantitative estimate of drug-likeness (QED) is 0.928. The van der Waals surface area contributed by atoms with Gasteiger partial charge in [0, 0.05) is 37.9 Å². The predicted octanol–water partition coefficient (Wildman–Crippen LogP) is 1.40. The van der Waals surface area contributed by atoms with Gasteiger partial charge in [0.05, 0.1) is 18.3 Å². The molecule has 1 saturated heterocycles. The van der Waals surface area contributed by atoms with Crippen LogP contribution in [0.5, 0.6) is 0 Å². The lowest BCUT2D eigenvalue weighted by molar-refractivity contribution is -0.131. The van der Waals surface area contributed by atoms with Crippen LogP contribution in [0.4, 0.5) is 0 Å². The summed E-state index contributed by atoms with van der Waals surface area (Å²) in [5.41, 5.74) is 3.12. The van der Waals surface area contributed by atoms with Crippen LogP contribution in [0.1, 0.15) is 35.7 Å². The second kappa shape index (κ2) is 5.71. The van der Waals surface area contributed by atoms with Crippen LogP contribution in [-0.2, 0) is 18.3 Å². The number of amides is 1. The lowest BCUT2D eigenvalue weighted by Gasteiger charge is -2.32. The Kier molecular flexibility index (Phi) is 3.77. The SMILES string of the molecule is Cc1cc([C@H]2CCCN(C(=O)Cc3cnn(C)c3)C2)n[nH]1. The van der Waals surface area contributed by atoms with Crippen LogP contribution in [0, 0.1) is 6.92 Å². The van der Waals surface area contributed by atoms with E-state index in [1.54, 1.807) is 10.9 Å². The van der Waals surface area contributed by atoms with E-state index in [4.69, 9.17) is 0 Å². The highest BCUT2D eigenvalue weighted by molar-refractivity contribution is 5.78. The third-order valence-electron chi connectivity index (χ3n) is 4.03. The number of hydrogen-bond donors (Lipinski definition) is 1. The number of aromatic nitrogens is 4. The summed E-state index contributed by atoms with van der Waals surface area (Å²) in [6.45, 7) is 3.62. The minimum Gasteiger partial charge on any atom is -0.342 e. The molecule has 3 heterocycles. The Morgan fingerprint density at radius 2 is 2.38 bits per heavy atom. The first-order chi connectivity index (χ1) is 10.1. The van der Waals surface area contributed by atoms with E-state index in [2.05, 4.69) is 21.4 Å². The maximum atomic E-state index is 12.4. The number of rotatable bonds is 3. The molecule has 6 heteroatoms. The Hall–Kier alpha value is -2.11. The summed E-state index contributed by atoms with van der Waals surface area (Å²) in [4.78, 5) is 14.4. The van der Waals surface area contributed by atoms with Gasteiger partial charge in [0.15, 0.2) is 0 Å². The van der Waals surface area contributed by atoms with E-state index in [1.807, 2.05) is 25.1 Å². The number of carbonyl (C=O) groups excluding carboxylic acids is 1. The minimum atomic E-state index is 0.181. The highest BCUT2D eigenvalue weighted by Crippen LogP contribution is 2.26. The standard InChI is InChI=1S/C15H21N5O/c1-11-6-14(18-17-11)13-4-3-5-20(10-13)15(21)7-12-8-16-19(2)9-12/h6,8-9,13H,3-5,7,10H2,1-2H3,(H,17,18)/t13-/m0/s1. The number of piperidine rings is 1. The highest BCUT2D eigenvalue weighted by atomic mass is 16.2. The summed E-state index contributed by atoms with van der Waals surface area (Å²) in [7, 11) is 1.87. The molecule has 3 rings (SSSR count). The van der Waals surface area contributed by atoms with Crippen molar-refractivity contribution in [2.24, 2.45) is 7.05 Å². The number of hydrogen-bond acceptors (Lipinski definition) is 3. The van der Waals surface area contributed by atoms with Crippen LogP contribution in [0.2, 0.25) is 0 Å². The van der Waals surface area contributed by atoms with Crippen molar-refractivity contribution in [3.8, 4) is 0 Å². The van der Waals surface area contributed by atoms with Crippen LogP contribution in [0.15, 0.2) is 18.5 Å². The van der Waals surface area contributed by atoms with Gasteiger partial charge in [-0.2, -0.15) is 10.2 Å². The summed E-state index contributed by atoms with van der Waals surface area (Å²) in [5, 5.41) is 11.4.